The SMILES string of the molecule is Clc1ccc(C(/C=C/c2ccccc2)N=C(c2ccccc2)c2ccccc2)cc1. The molecule has 0 fully saturated rings. The van der Waals surface area contributed by atoms with Crippen molar-refractivity contribution in [3.05, 3.63) is 149 Å². The molecule has 0 aliphatic heterocycles. The van der Waals surface area contributed by atoms with Gasteiger partial charge in [-0.25, -0.2) is 0 Å². The molecule has 4 aromatic carbocycles. The normalized spacial score (nSPS) is 11.9. The fraction of sp³-hybridized carbons (Fsp3) is 0.0357. The van der Waals surface area contributed by atoms with Crippen LogP contribution in [0.5, 0.6) is 0 Å². The van der Waals surface area contributed by atoms with Gasteiger partial charge in [0, 0.05) is 16.1 Å². The minimum absolute atomic E-state index is 0.141. The molecule has 1 nitrogen and oxygen atoms in total. The summed E-state index contributed by atoms with van der Waals surface area (Å²) in [4.78, 5) is 5.22. The van der Waals surface area contributed by atoms with Crippen LogP contribution in [-0.2, 0) is 0 Å². The van der Waals surface area contributed by atoms with Crippen LogP contribution < -0.4 is 0 Å². The van der Waals surface area contributed by atoms with E-state index in [4.69, 9.17) is 16.6 Å². The molecule has 0 aromatic heterocycles. The van der Waals surface area contributed by atoms with Gasteiger partial charge in [-0.15, -0.1) is 0 Å². The van der Waals surface area contributed by atoms with E-state index in [1.807, 2.05) is 78.9 Å². The van der Waals surface area contributed by atoms with Gasteiger partial charge in [0.2, 0.25) is 0 Å². The number of hydrogen-bond donors (Lipinski definition) is 0. The maximum absolute atomic E-state index is 6.13. The van der Waals surface area contributed by atoms with E-state index in [0.717, 1.165) is 33.0 Å². The molecule has 4 aromatic rings. The quantitative estimate of drug-likeness (QED) is 0.291. The smallest absolute Gasteiger partial charge is 0.0941 e. The van der Waals surface area contributed by atoms with Crippen LogP contribution in [0.2, 0.25) is 5.02 Å². The molecule has 4 rings (SSSR count). The molecular formula is C28H22ClN. The molecule has 0 radical (unpaired) electrons. The lowest BCUT2D eigenvalue weighted by atomic mass is 10.00. The predicted molar refractivity (Wildman–Crippen MR) is 128 cm³/mol. The minimum atomic E-state index is -0.141. The van der Waals surface area contributed by atoms with Crippen molar-refractivity contribution in [2.45, 2.75) is 6.04 Å². The van der Waals surface area contributed by atoms with E-state index in [2.05, 4.69) is 48.6 Å². The Morgan fingerprint density at radius 3 is 1.67 bits per heavy atom. The zero-order valence-electron chi connectivity index (χ0n) is 16.5. The molecule has 1 unspecified atom stereocenters. The Morgan fingerprint density at radius 2 is 1.13 bits per heavy atom. The van der Waals surface area contributed by atoms with Gasteiger partial charge < -0.3 is 0 Å². The van der Waals surface area contributed by atoms with Gasteiger partial charge in [0.1, 0.15) is 0 Å². The number of nitrogens with zero attached hydrogens (tertiary/aromatic N) is 1. The Bertz CT molecular complexity index is 1070. The maximum atomic E-state index is 6.13. The molecule has 0 saturated carbocycles. The second kappa shape index (κ2) is 9.87. The first kappa shape index (κ1) is 19.9. The van der Waals surface area contributed by atoms with Crippen LogP contribution >= 0.6 is 11.6 Å². The minimum Gasteiger partial charge on any atom is -0.272 e. The standard InChI is InChI=1S/C28H22ClN/c29-26-19-17-23(18-20-26)27(21-16-22-10-4-1-5-11-22)30-28(24-12-6-2-7-13-24)25-14-8-3-9-15-25/h1-21,27H/b21-16+. The molecule has 0 aliphatic carbocycles. The van der Waals surface area contributed by atoms with Gasteiger partial charge >= 0.3 is 0 Å². The largest absolute Gasteiger partial charge is 0.272 e. The molecule has 0 amide bonds. The van der Waals surface area contributed by atoms with Gasteiger partial charge in [-0.05, 0) is 23.3 Å². The van der Waals surface area contributed by atoms with E-state index in [1.54, 1.807) is 0 Å². The third-order valence-corrected chi connectivity index (χ3v) is 5.10. The molecule has 0 spiro atoms. The molecule has 2 heteroatoms. The van der Waals surface area contributed by atoms with Crippen LogP contribution in [0.1, 0.15) is 28.3 Å². The van der Waals surface area contributed by atoms with Crippen molar-refractivity contribution in [2.75, 3.05) is 0 Å². The zero-order chi connectivity index (χ0) is 20.6. The van der Waals surface area contributed by atoms with E-state index in [0.29, 0.717) is 0 Å². The fourth-order valence-electron chi connectivity index (χ4n) is 3.30. The molecule has 0 N–H and O–H groups in total. The summed E-state index contributed by atoms with van der Waals surface area (Å²) < 4.78 is 0. The molecule has 0 aliphatic rings. The summed E-state index contributed by atoms with van der Waals surface area (Å²) in [5.74, 6) is 0. The summed E-state index contributed by atoms with van der Waals surface area (Å²) >= 11 is 6.13. The van der Waals surface area contributed by atoms with Gasteiger partial charge in [-0.3, -0.25) is 4.99 Å². The molecule has 1 atom stereocenters. The summed E-state index contributed by atoms with van der Waals surface area (Å²) in [6, 6.07) is 38.7. The van der Waals surface area contributed by atoms with Crippen molar-refractivity contribution in [1.82, 2.24) is 0 Å². The first-order chi connectivity index (χ1) is 14.8. The number of hydrogen-bond acceptors (Lipinski definition) is 1. The van der Waals surface area contributed by atoms with Crippen molar-refractivity contribution in [1.29, 1.82) is 0 Å². The summed E-state index contributed by atoms with van der Waals surface area (Å²) in [6.07, 6.45) is 4.26. The van der Waals surface area contributed by atoms with Gasteiger partial charge in [-0.2, -0.15) is 0 Å². The van der Waals surface area contributed by atoms with Crippen LogP contribution in [0.3, 0.4) is 0 Å². The summed E-state index contributed by atoms with van der Waals surface area (Å²) in [5.41, 5.74) is 5.39. The number of halogens is 1. The highest BCUT2D eigenvalue weighted by atomic mass is 35.5. The molecule has 146 valence electrons. The van der Waals surface area contributed by atoms with Crippen LogP contribution in [0.4, 0.5) is 0 Å². The van der Waals surface area contributed by atoms with Gasteiger partial charge in [-0.1, -0.05) is 127 Å². The molecule has 0 heterocycles. The van der Waals surface area contributed by atoms with Gasteiger partial charge in [0.15, 0.2) is 0 Å². The Balaban J connectivity index is 1.81. The molecule has 0 saturated heterocycles. The third kappa shape index (κ3) is 5.14. The third-order valence-electron chi connectivity index (χ3n) is 4.84. The molecular weight excluding hydrogens is 386 g/mol. The second-order valence-electron chi connectivity index (χ2n) is 6.98. The van der Waals surface area contributed by atoms with Crippen molar-refractivity contribution in [3.63, 3.8) is 0 Å². The summed E-state index contributed by atoms with van der Waals surface area (Å²) in [5, 5.41) is 0.722. The Hall–Kier alpha value is -3.42. The highest BCUT2D eigenvalue weighted by molar-refractivity contribution is 6.30. The highest BCUT2D eigenvalue weighted by Crippen LogP contribution is 2.25. The fourth-order valence-corrected chi connectivity index (χ4v) is 3.43. The zero-order valence-corrected chi connectivity index (χ0v) is 17.3. The maximum Gasteiger partial charge on any atom is 0.0941 e. The van der Waals surface area contributed by atoms with E-state index in [1.165, 1.54) is 0 Å². The first-order valence-electron chi connectivity index (χ1n) is 9.97. The molecule has 0 bridgehead atoms. The lowest BCUT2D eigenvalue weighted by Crippen LogP contribution is -2.06. The topological polar surface area (TPSA) is 12.4 Å². The first-order valence-corrected chi connectivity index (χ1v) is 10.3. The number of aliphatic imine (C=N–C) groups is 1. The van der Waals surface area contributed by atoms with Gasteiger partial charge in [0.05, 0.1) is 11.8 Å². The average Bonchev–Trinajstić information content (AvgIpc) is 2.82. The van der Waals surface area contributed by atoms with E-state index in [9.17, 15) is 0 Å². The van der Waals surface area contributed by atoms with Crippen molar-refractivity contribution in [3.8, 4) is 0 Å². The van der Waals surface area contributed by atoms with Crippen molar-refractivity contribution in [2.24, 2.45) is 4.99 Å². The van der Waals surface area contributed by atoms with E-state index < -0.39 is 0 Å². The lowest BCUT2D eigenvalue weighted by Gasteiger charge is -2.14. The monoisotopic (exact) mass is 407 g/mol. The van der Waals surface area contributed by atoms with Crippen LogP contribution in [0.15, 0.2) is 126 Å². The average molecular weight is 408 g/mol. The van der Waals surface area contributed by atoms with Gasteiger partial charge in [0.25, 0.3) is 0 Å². The van der Waals surface area contributed by atoms with Crippen LogP contribution in [-0.4, -0.2) is 5.71 Å². The van der Waals surface area contributed by atoms with Crippen molar-refractivity contribution < 1.29 is 0 Å². The number of rotatable bonds is 6. The van der Waals surface area contributed by atoms with Crippen molar-refractivity contribution >= 4 is 23.4 Å². The second-order valence-corrected chi connectivity index (χ2v) is 7.41. The predicted octanol–water partition coefficient (Wildman–Crippen LogP) is 7.63. The Morgan fingerprint density at radius 1 is 0.633 bits per heavy atom. The Kier molecular flexibility index (Phi) is 6.54. The lowest BCUT2D eigenvalue weighted by molar-refractivity contribution is 0.917. The van der Waals surface area contributed by atoms with Crippen LogP contribution in [0.25, 0.3) is 6.08 Å². The highest BCUT2D eigenvalue weighted by Gasteiger charge is 2.12. The Labute approximate surface area is 183 Å². The van der Waals surface area contributed by atoms with E-state index in [-0.39, 0.29) is 6.04 Å². The number of benzene rings is 4. The van der Waals surface area contributed by atoms with E-state index >= 15 is 0 Å². The summed E-state index contributed by atoms with van der Waals surface area (Å²) in [6.45, 7) is 0. The molecule has 30 heavy (non-hydrogen) atoms. The summed E-state index contributed by atoms with van der Waals surface area (Å²) in [7, 11) is 0. The van der Waals surface area contributed by atoms with Crippen LogP contribution in [0, 0.1) is 0 Å².